The zero-order valence-electron chi connectivity index (χ0n) is 13.6. The average molecular weight is 392 g/mol. The molecule has 0 radical (unpaired) electrons. The molecule has 0 saturated heterocycles. The second-order valence-corrected chi connectivity index (χ2v) is 7.52. The highest BCUT2D eigenvalue weighted by Gasteiger charge is 2.41. The Morgan fingerprint density at radius 1 is 0.880 bits per heavy atom. The first-order chi connectivity index (χ1) is 12.3. The maximum Gasteiger partial charge on any atom is 0.106 e. The minimum absolute atomic E-state index is 0.265. The van der Waals surface area contributed by atoms with Crippen LogP contribution >= 0.6 is 15.9 Å². The van der Waals surface area contributed by atoms with E-state index in [1.54, 1.807) is 0 Å². The van der Waals surface area contributed by atoms with Crippen LogP contribution in [0.2, 0.25) is 0 Å². The molecular formula is C21H18BrN3. The number of aromatic nitrogens is 1. The SMILES string of the molecule is Brc1ccc2c(n1)[C@@H](c1ccccc1)[C@@H]1CNc3ccccc3[C@H]1N2. The Hall–Kier alpha value is -2.33. The van der Waals surface area contributed by atoms with Gasteiger partial charge in [0.25, 0.3) is 0 Å². The minimum atomic E-state index is 0.265. The van der Waals surface area contributed by atoms with Gasteiger partial charge < -0.3 is 10.6 Å². The van der Waals surface area contributed by atoms with Gasteiger partial charge in [-0.05, 0) is 45.3 Å². The quantitative estimate of drug-likeness (QED) is 0.560. The van der Waals surface area contributed by atoms with Crippen molar-refractivity contribution >= 4 is 27.3 Å². The standard InChI is InChI=1S/C21H18BrN3/c22-18-11-10-17-21(25-18)19(13-6-2-1-3-7-13)15-12-23-16-9-5-4-8-14(16)20(15)24-17/h1-11,15,19-20,23-24H,12H2/t15-,19-,20+/m0/s1. The molecule has 2 aliphatic rings. The fourth-order valence-electron chi connectivity index (χ4n) is 4.25. The van der Waals surface area contributed by atoms with E-state index in [1.807, 2.05) is 6.07 Å². The largest absolute Gasteiger partial charge is 0.384 e. The number of para-hydroxylation sites is 1. The summed E-state index contributed by atoms with van der Waals surface area (Å²) in [4.78, 5) is 4.84. The third-order valence-corrected chi connectivity index (χ3v) is 5.78. The van der Waals surface area contributed by atoms with Crippen LogP contribution in [-0.2, 0) is 0 Å². The van der Waals surface area contributed by atoms with E-state index >= 15 is 0 Å². The predicted octanol–water partition coefficient (Wildman–Crippen LogP) is 5.18. The third kappa shape index (κ3) is 2.44. The van der Waals surface area contributed by atoms with E-state index in [0.717, 1.165) is 22.5 Å². The van der Waals surface area contributed by atoms with Gasteiger partial charge in [-0.15, -0.1) is 0 Å². The zero-order chi connectivity index (χ0) is 16.8. The van der Waals surface area contributed by atoms with Gasteiger partial charge >= 0.3 is 0 Å². The van der Waals surface area contributed by atoms with Crippen molar-refractivity contribution in [3.05, 3.63) is 88.2 Å². The first kappa shape index (κ1) is 15.0. The second-order valence-electron chi connectivity index (χ2n) is 6.71. The molecule has 1 aromatic heterocycles. The van der Waals surface area contributed by atoms with Crippen LogP contribution in [-0.4, -0.2) is 11.5 Å². The van der Waals surface area contributed by atoms with E-state index in [1.165, 1.54) is 16.8 Å². The molecule has 3 heterocycles. The molecule has 0 aliphatic carbocycles. The van der Waals surface area contributed by atoms with Crippen molar-refractivity contribution in [1.29, 1.82) is 0 Å². The second kappa shape index (κ2) is 5.88. The molecule has 3 aromatic rings. The summed E-state index contributed by atoms with van der Waals surface area (Å²) in [6.07, 6.45) is 0. The summed E-state index contributed by atoms with van der Waals surface area (Å²) in [7, 11) is 0. The van der Waals surface area contributed by atoms with Gasteiger partial charge in [0.2, 0.25) is 0 Å². The van der Waals surface area contributed by atoms with Crippen LogP contribution in [0.4, 0.5) is 11.4 Å². The van der Waals surface area contributed by atoms with E-state index in [0.29, 0.717) is 5.92 Å². The Kier molecular flexibility index (Phi) is 3.52. The highest BCUT2D eigenvalue weighted by Crippen LogP contribution is 2.50. The fraction of sp³-hybridized carbons (Fsp3) is 0.190. The molecule has 0 amide bonds. The Balaban J connectivity index is 1.70. The maximum atomic E-state index is 4.84. The van der Waals surface area contributed by atoms with Crippen LogP contribution in [0.15, 0.2) is 71.3 Å². The van der Waals surface area contributed by atoms with Gasteiger partial charge in [-0.2, -0.15) is 0 Å². The molecule has 2 aliphatic heterocycles. The number of halogens is 1. The van der Waals surface area contributed by atoms with Crippen LogP contribution in [0, 0.1) is 5.92 Å². The number of hydrogen-bond acceptors (Lipinski definition) is 3. The zero-order valence-corrected chi connectivity index (χ0v) is 15.2. The lowest BCUT2D eigenvalue weighted by Gasteiger charge is -2.44. The van der Waals surface area contributed by atoms with Crippen LogP contribution in [0.5, 0.6) is 0 Å². The molecular weight excluding hydrogens is 374 g/mol. The molecule has 2 N–H and O–H groups in total. The van der Waals surface area contributed by atoms with E-state index in [4.69, 9.17) is 4.98 Å². The lowest BCUT2D eigenvalue weighted by Crippen LogP contribution is -2.40. The predicted molar refractivity (Wildman–Crippen MR) is 105 cm³/mol. The molecule has 2 aromatic carbocycles. The Bertz CT molecular complexity index is 925. The molecule has 25 heavy (non-hydrogen) atoms. The highest BCUT2D eigenvalue weighted by atomic mass is 79.9. The van der Waals surface area contributed by atoms with Crippen molar-refractivity contribution in [3.63, 3.8) is 0 Å². The first-order valence-electron chi connectivity index (χ1n) is 8.62. The molecule has 0 unspecified atom stereocenters. The Labute approximate surface area is 155 Å². The lowest BCUT2D eigenvalue weighted by atomic mass is 9.72. The maximum absolute atomic E-state index is 4.84. The highest BCUT2D eigenvalue weighted by molar-refractivity contribution is 9.10. The molecule has 5 rings (SSSR count). The summed E-state index contributed by atoms with van der Waals surface area (Å²) in [6.45, 7) is 0.932. The molecule has 0 saturated carbocycles. The third-order valence-electron chi connectivity index (χ3n) is 5.34. The average Bonchev–Trinajstić information content (AvgIpc) is 2.67. The lowest BCUT2D eigenvalue weighted by molar-refractivity contribution is 0.395. The van der Waals surface area contributed by atoms with Crippen LogP contribution in [0.25, 0.3) is 0 Å². The molecule has 0 spiro atoms. The van der Waals surface area contributed by atoms with Gasteiger partial charge in [-0.1, -0.05) is 48.5 Å². The van der Waals surface area contributed by atoms with Crippen LogP contribution in [0.3, 0.4) is 0 Å². The van der Waals surface area contributed by atoms with Crippen molar-refractivity contribution < 1.29 is 0 Å². The smallest absolute Gasteiger partial charge is 0.106 e. The minimum Gasteiger partial charge on any atom is -0.384 e. The number of nitrogens with zero attached hydrogens (tertiary/aromatic N) is 1. The van der Waals surface area contributed by atoms with E-state index < -0.39 is 0 Å². The molecule has 0 fully saturated rings. The number of rotatable bonds is 1. The number of benzene rings is 2. The van der Waals surface area contributed by atoms with E-state index in [-0.39, 0.29) is 12.0 Å². The summed E-state index contributed by atoms with van der Waals surface area (Å²) in [6, 6.07) is 23.8. The van der Waals surface area contributed by atoms with Gasteiger partial charge in [0, 0.05) is 24.1 Å². The number of fused-ring (bicyclic) bond motifs is 4. The van der Waals surface area contributed by atoms with Crippen molar-refractivity contribution in [2.24, 2.45) is 5.92 Å². The number of nitrogens with one attached hydrogen (secondary N) is 2. The van der Waals surface area contributed by atoms with Gasteiger partial charge in [-0.3, -0.25) is 0 Å². The Morgan fingerprint density at radius 3 is 2.56 bits per heavy atom. The van der Waals surface area contributed by atoms with E-state index in [2.05, 4.69) is 87.2 Å². The summed E-state index contributed by atoms with van der Waals surface area (Å²) >= 11 is 3.55. The monoisotopic (exact) mass is 391 g/mol. The molecule has 3 atom stereocenters. The number of pyridine rings is 1. The molecule has 0 bridgehead atoms. The first-order valence-corrected chi connectivity index (χ1v) is 9.41. The van der Waals surface area contributed by atoms with Crippen LogP contribution in [0.1, 0.15) is 28.8 Å². The topological polar surface area (TPSA) is 37.0 Å². The van der Waals surface area contributed by atoms with Crippen molar-refractivity contribution in [2.75, 3.05) is 17.2 Å². The van der Waals surface area contributed by atoms with Gasteiger partial charge in [-0.25, -0.2) is 4.98 Å². The molecule has 124 valence electrons. The van der Waals surface area contributed by atoms with Gasteiger partial charge in [0.05, 0.1) is 17.4 Å². The molecule has 4 heteroatoms. The fourth-order valence-corrected chi connectivity index (χ4v) is 4.57. The Morgan fingerprint density at radius 2 is 1.68 bits per heavy atom. The van der Waals surface area contributed by atoms with Crippen molar-refractivity contribution in [2.45, 2.75) is 12.0 Å². The molecule has 3 nitrogen and oxygen atoms in total. The van der Waals surface area contributed by atoms with E-state index in [9.17, 15) is 0 Å². The van der Waals surface area contributed by atoms with Crippen molar-refractivity contribution in [3.8, 4) is 0 Å². The summed E-state index contributed by atoms with van der Waals surface area (Å²) in [5, 5.41) is 7.39. The summed E-state index contributed by atoms with van der Waals surface area (Å²) < 4.78 is 0.886. The van der Waals surface area contributed by atoms with Crippen molar-refractivity contribution in [1.82, 2.24) is 4.98 Å². The summed E-state index contributed by atoms with van der Waals surface area (Å²) in [5.74, 6) is 0.674. The summed E-state index contributed by atoms with van der Waals surface area (Å²) in [5.41, 5.74) is 6.16. The van der Waals surface area contributed by atoms with Crippen LogP contribution < -0.4 is 10.6 Å². The van der Waals surface area contributed by atoms with Gasteiger partial charge in [0.15, 0.2) is 0 Å². The normalized spacial score (nSPS) is 23.5. The van der Waals surface area contributed by atoms with Gasteiger partial charge in [0.1, 0.15) is 4.60 Å². The number of anilines is 2. The number of hydrogen-bond donors (Lipinski definition) is 2.